The molecule has 0 fully saturated rings. The van der Waals surface area contributed by atoms with Crippen molar-refractivity contribution >= 4 is 6.16 Å². The summed E-state index contributed by atoms with van der Waals surface area (Å²) in [6.07, 6.45) is -1.83. The molecular weight excluding hydrogens is 205 g/mol. The van der Waals surface area contributed by atoms with Gasteiger partial charge in [-0.1, -0.05) is 0 Å². The van der Waals surface area contributed by atoms with E-state index in [2.05, 4.69) is 0 Å². The summed E-state index contributed by atoms with van der Waals surface area (Å²) < 4.78 is 17.0. The van der Waals surface area contributed by atoms with E-state index >= 15 is 0 Å². The Kier molecular flexibility index (Phi) is 30.8. The van der Waals surface area contributed by atoms with E-state index in [1.165, 1.54) is 0 Å². The van der Waals surface area contributed by atoms with E-state index < -0.39 is 25.2 Å². The van der Waals surface area contributed by atoms with Gasteiger partial charge in [-0.25, -0.2) is 4.79 Å². The molecule has 0 saturated heterocycles. The van der Waals surface area contributed by atoms with Gasteiger partial charge in [-0.2, -0.15) is 0 Å². The van der Waals surface area contributed by atoms with E-state index in [0.29, 0.717) is 0 Å². The molecule has 0 heterocycles. The number of hydrogen-bond donors (Lipinski definition) is 2. The van der Waals surface area contributed by atoms with Crippen LogP contribution >= 0.6 is 0 Å². The summed E-state index contributed by atoms with van der Waals surface area (Å²) in [4.78, 5) is 8.56. The second-order valence-electron chi connectivity index (χ2n) is 0.366. The van der Waals surface area contributed by atoms with Gasteiger partial charge in [-0.15, -0.1) is 0 Å². The van der Waals surface area contributed by atoms with Crippen LogP contribution in [0.15, 0.2) is 0 Å². The molecule has 0 aliphatic rings. The second kappa shape index (κ2) is 15.7. The van der Waals surface area contributed by atoms with E-state index in [9.17, 15) is 0 Å². The van der Waals surface area contributed by atoms with Crippen LogP contribution in [0.4, 0.5) is 4.79 Å². The molecule has 0 aliphatic carbocycles. The van der Waals surface area contributed by atoms with E-state index in [-0.39, 0.29) is 19.5 Å². The topological polar surface area (TPSA) is 91.7 Å². The fourth-order valence-corrected chi connectivity index (χ4v) is 0. The third kappa shape index (κ3) is 3900. The largest absolute Gasteiger partial charge is 0 e. The SMILES string of the molecule is O=C(O)O.[O]=[Ti]=[O].[Zn]. The molecule has 0 atom stereocenters. The smallest absolute Gasteiger partial charge is 0 e. The van der Waals surface area contributed by atoms with Crippen LogP contribution in [0.1, 0.15) is 0 Å². The quantitative estimate of drug-likeness (QED) is 0.545. The van der Waals surface area contributed by atoms with Gasteiger partial charge in [0.05, 0.1) is 0 Å². The van der Waals surface area contributed by atoms with Crippen LogP contribution in [0, 0.1) is 0 Å². The van der Waals surface area contributed by atoms with Gasteiger partial charge < -0.3 is 10.2 Å². The first-order valence-electron chi connectivity index (χ1n) is 1.06. The average molecular weight is 207 g/mol. The summed E-state index contributed by atoms with van der Waals surface area (Å²) in [6, 6.07) is 0. The van der Waals surface area contributed by atoms with Crippen molar-refractivity contribution in [3.63, 3.8) is 0 Å². The van der Waals surface area contributed by atoms with Crippen molar-refractivity contribution in [2.75, 3.05) is 0 Å². The van der Waals surface area contributed by atoms with E-state index in [1.54, 1.807) is 0 Å². The molecule has 0 saturated carbocycles. The van der Waals surface area contributed by atoms with E-state index in [4.69, 9.17) is 21.7 Å². The van der Waals surface area contributed by atoms with Crippen molar-refractivity contribution in [3.05, 3.63) is 0 Å². The van der Waals surface area contributed by atoms with Crippen LogP contribution < -0.4 is 0 Å². The zero-order valence-corrected chi connectivity index (χ0v) is 8.35. The molecule has 0 unspecified atom stereocenters. The maximum atomic E-state index is 8.56. The fraction of sp³-hybridized carbons (Fsp3) is 0. The van der Waals surface area contributed by atoms with Crippen molar-refractivity contribution in [3.8, 4) is 0 Å². The minimum atomic E-state index is -2.00. The zero-order valence-electron chi connectivity index (χ0n) is 3.83. The van der Waals surface area contributed by atoms with Crippen molar-refractivity contribution in [1.29, 1.82) is 0 Å². The van der Waals surface area contributed by atoms with Gasteiger partial charge >= 0.3 is 31.9 Å². The molecule has 8 heavy (non-hydrogen) atoms. The molecule has 7 heteroatoms. The first kappa shape index (κ1) is 15.7. The first-order valence-corrected chi connectivity index (χ1v) is 2.33. The number of rotatable bonds is 0. The summed E-state index contributed by atoms with van der Waals surface area (Å²) in [5.74, 6) is 0. The molecule has 0 aromatic carbocycles. The molecule has 0 rings (SSSR count). The summed E-state index contributed by atoms with van der Waals surface area (Å²) in [7, 11) is 0. The monoisotopic (exact) mass is 206 g/mol. The number of carbonyl (C=O) groups is 1. The fourth-order valence-electron chi connectivity index (χ4n) is 0. The predicted octanol–water partition coefficient (Wildman–Crippen LogP) is -0.0202. The third-order valence-corrected chi connectivity index (χ3v) is 0. The van der Waals surface area contributed by atoms with Gasteiger partial charge in [0.25, 0.3) is 0 Å². The van der Waals surface area contributed by atoms with Gasteiger partial charge in [-0.05, 0) is 0 Å². The molecule has 42 valence electrons. The Bertz CT molecular complexity index is 80.4. The summed E-state index contributed by atoms with van der Waals surface area (Å²) in [5.41, 5.74) is 0. The normalized spacial score (nSPS) is 4.00. The summed E-state index contributed by atoms with van der Waals surface area (Å²) >= 11 is -2.00. The van der Waals surface area contributed by atoms with Crippen LogP contribution in [-0.4, -0.2) is 16.4 Å². The minimum absolute atomic E-state index is 0. The Morgan fingerprint density at radius 1 is 1.25 bits per heavy atom. The summed E-state index contributed by atoms with van der Waals surface area (Å²) in [6.45, 7) is 0. The van der Waals surface area contributed by atoms with Crippen LogP contribution in [0.2, 0.25) is 0 Å². The van der Waals surface area contributed by atoms with Gasteiger partial charge in [0, 0.05) is 19.5 Å². The molecular formula is CH2O5TiZn. The Morgan fingerprint density at radius 3 is 1.25 bits per heavy atom. The molecule has 5 nitrogen and oxygen atoms in total. The number of hydrogen-bond acceptors (Lipinski definition) is 3. The van der Waals surface area contributed by atoms with Crippen LogP contribution in [-0.2, 0) is 45.2 Å². The Morgan fingerprint density at radius 2 is 1.25 bits per heavy atom. The summed E-state index contributed by atoms with van der Waals surface area (Å²) in [5, 5.41) is 13.9. The van der Waals surface area contributed by atoms with E-state index in [1.807, 2.05) is 0 Å². The van der Waals surface area contributed by atoms with Crippen LogP contribution in [0.3, 0.4) is 0 Å². The van der Waals surface area contributed by atoms with Gasteiger partial charge in [0.1, 0.15) is 0 Å². The maximum absolute atomic E-state index is 8.56. The molecule has 0 spiro atoms. The number of carboxylic acid groups (broad SMARTS) is 2. The molecule has 0 aromatic rings. The molecule has 2 N–H and O–H groups in total. The minimum Gasteiger partial charge on any atom is 0 e. The van der Waals surface area contributed by atoms with Crippen molar-refractivity contribution < 1.29 is 60.2 Å². The standard InChI is InChI=1S/CH2O3.2O.Ti.Zn/c2-1(3)4;;;;/h(H2,2,3,4);;;;. The van der Waals surface area contributed by atoms with E-state index in [0.717, 1.165) is 0 Å². The molecule has 0 amide bonds. The van der Waals surface area contributed by atoms with Gasteiger partial charge in [0.2, 0.25) is 0 Å². The second-order valence-corrected chi connectivity index (χ2v) is 0.626. The molecule has 0 radical (unpaired) electrons. The van der Waals surface area contributed by atoms with Crippen LogP contribution in [0.25, 0.3) is 0 Å². The Hall–Kier alpha value is 0.208. The molecule has 0 aromatic heterocycles. The Balaban J connectivity index is -0.0000000575. The van der Waals surface area contributed by atoms with Crippen LogP contribution in [0.5, 0.6) is 0 Å². The van der Waals surface area contributed by atoms with Crippen molar-refractivity contribution in [1.82, 2.24) is 0 Å². The zero-order chi connectivity index (χ0) is 6.28. The first-order chi connectivity index (χ1) is 3.15. The van der Waals surface area contributed by atoms with Gasteiger partial charge in [-0.3, -0.25) is 0 Å². The van der Waals surface area contributed by atoms with Crippen molar-refractivity contribution in [2.24, 2.45) is 0 Å². The van der Waals surface area contributed by atoms with Crippen molar-refractivity contribution in [2.45, 2.75) is 0 Å². The molecule has 0 aliphatic heterocycles. The van der Waals surface area contributed by atoms with Gasteiger partial charge in [0.15, 0.2) is 0 Å². The average Bonchev–Trinajstić information content (AvgIpc) is 1.33. The third-order valence-electron chi connectivity index (χ3n) is 0. The molecule has 0 bridgehead atoms. The Labute approximate surface area is 66.4 Å². The maximum Gasteiger partial charge on any atom is 0 e. The predicted molar refractivity (Wildman–Crippen MR) is 12.0 cm³/mol.